The third-order valence-electron chi connectivity index (χ3n) is 4.40. The van der Waals surface area contributed by atoms with E-state index in [1.807, 2.05) is 29.9 Å². The molecular weight excluding hydrogens is 366 g/mol. The van der Waals surface area contributed by atoms with Crippen LogP contribution in [-0.4, -0.2) is 22.2 Å². The van der Waals surface area contributed by atoms with Crippen LogP contribution in [0.3, 0.4) is 0 Å². The number of carbonyl (C=O) groups excluding carboxylic acids is 1. The van der Waals surface area contributed by atoms with Crippen LogP contribution in [0.5, 0.6) is 0 Å². The number of esters is 1. The molecule has 3 rings (SSSR count). The number of nitrogens with zero attached hydrogens (tertiary/aromatic N) is 2. The second-order valence-corrected chi connectivity index (χ2v) is 6.65. The topological polar surface area (TPSA) is 65.3 Å². The normalized spacial score (nSPS) is 11.9. The van der Waals surface area contributed by atoms with E-state index in [-0.39, 0.29) is 11.6 Å². The number of ether oxygens (including phenoxy) is 1. The standard InChI is InChI=1S/C20H20ClN3O3/c1-23-11-10-16(20(26)27-3)19(23)18(13-4-6-14(21)7-5-13)22-15-8-9-17(25)24(2)12-15/h4-12,18,22H,1-3H3. The molecule has 0 aliphatic carbocycles. The van der Waals surface area contributed by atoms with E-state index in [1.165, 1.54) is 17.7 Å². The summed E-state index contributed by atoms with van der Waals surface area (Å²) in [6, 6.07) is 12.0. The summed E-state index contributed by atoms with van der Waals surface area (Å²) in [5, 5.41) is 4.04. The van der Waals surface area contributed by atoms with E-state index >= 15 is 0 Å². The lowest BCUT2D eigenvalue weighted by Crippen LogP contribution is -2.21. The lowest BCUT2D eigenvalue weighted by Gasteiger charge is -2.23. The largest absolute Gasteiger partial charge is 0.465 e. The molecule has 1 unspecified atom stereocenters. The Hall–Kier alpha value is -2.99. The summed E-state index contributed by atoms with van der Waals surface area (Å²) in [6.07, 6.45) is 3.53. The van der Waals surface area contributed by atoms with Crippen LogP contribution < -0.4 is 10.9 Å². The van der Waals surface area contributed by atoms with Crippen molar-refractivity contribution in [2.75, 3.05) is 12.4 Å². The molecule has 27 heavy (non-hydrogen) atoms. The van der Waals surface area contributed by atoms with Gasteiger partial charge >= 0.3 is 5.97 Å². The average Bonchev–Trinajstić information content (AvgIpc) is 3.04. The predicted molar refractivity (Wildman–Crippen MR) is 105 cm³/mol. The molecule has 3 aromatic rings. The second-order valence-electron chi connectivity index (χ2n) is 6.21. The highest BCUT2D eigenvalue weighted by Gasteiger charge is 2.25. The number of hydrogen-bond donors (Lipinski definition) is 1. The van der Waals surface area contributed by atoms with Crippen molar-refractivity contribution in [3.05, 3.63) is 87.1 Å². The summed E-state index contributed by atoms with van der Waals surface area (Å²) >= 11 is 6.04. The van der Waals surface area contributed by atoms with E-state index in [0.29, 0.717) is 10.6 Å². The number of nitrogens with one attached hydrogen (secondary N) is 1. The van der Waals surface area contributed by atoms with Gasteiger partial charge in [-0.25, -0.2) is 4.79 Å². The maximum absolute atomic E-state index is 12.3. The van der Waals surface area contributed by atoms with Crippen molar-refractivity contribution in [3.63, 3.8) is 0 Å². The Morgan fingerprint density at radius 2 is 1.78 bits per heavy atom. The molecule has 140 valence electrons. The van der Waals surface area contributed by atoms with Gasteiger partial charge in [0.2, 0.25) is 5.56 Å². The summed E-state index contributed by atoms with van der Waals surface area (Å²) in [4.78, 5) is 23.9. The van der Waals surface area contributed by atoms with Crippen molar-refractivity contribution < 1.29 is 9.53 Å². The molecule has 7 heteroatoms. The first-order valence-electron chi connectivity index (χ1n) is 8.33. The van der Waals surface area contributed by atoms with Crippen molar-refractivity contribution in [2.45, 2.75) is 6.04 Å². The SMILES string of the molecule is COC(=O)c1ccn(C)c1C(Nc1ccc(=O)n(C)c1)c1ccc(Cl)cc1. The van der Waals surface area contributed by atoms with Gasteiger partial charge in [-0.2, -0.15) is 0 Å². The third kappa shape index (κ3) is 3.90. The Balaban J connectivity index is 2.12. The van der Waals surface area contributed by atoms with Gasteiger partial charge in [-0.1, -0.05) is 23.7 Å². The molecule has 1 N–H and O–H groups in total. The zero-order chi connectivity index (χ0) is 19.6. The van der Waals surface area contributed by atoms with Gasteiger partial charge in [0, 0.05) is 37.6 Å². The molecule has 0 amide bonds. The minimum absolute atomic E-state index is 0.0993. The molecule has 0 saturated heterocycles. The molecule has 0 spiro atoms. The van der Waals surface area contributed by atoms with Crippen LogP contribution in [0.4, 0.5) is 5.69 Å². The van der Waals surface area contributed by atoms with Gasteiger partial charge in [0.1, 0.15) is 0 Å². The first-order chi connectivity index (χ1) is 12.9. The molecule has 1 aromatic carbocycles. The van der Waals surface area contributed by atoms with E-state index in [4.69, 9.17) is 16.3 Å². The Kier molecular flexibility index (Phi) is 5.37. The van der Waals surface area contributed by atoms with E-state index < -0.39 is 5.97 Å². The van der Waals surface area contributed by atoms with E-state index in [0.717, 1.165) is 16.9 Å². The molecule has 2 heterocycles. The highest BCUT2D eigenvalue weighted by Crippen LogP contribution is 2.30. The van der Waals surface area contributed by atoms with E-state index in [1.54, 1.807) is 37.5 Å². The number of halogens is 1. The summed E-state index contributed by atoms with van der Waals surface area (Å²) < 4.78 is 8.30. The van der Waals surface area contributed by atoms with Gasteiger partial charge in [0.15, 0.2) is 0 Å². The maximum atomic E-state index is 12.3. The monoisotopic (exact) mass is 385 g/mol. The number of anilines is 1. The van der Waals surface area contributed by atoms with Crippen molar-refractivity contribution in [1.29, 1.82) is 0 Å². The van der Waals surface area contributed by atoms with Crippen molar-refractivity contribution in [3.8, 4) is 0 Å². The van der Waals surface area contributed by atoms with E-state index in [9.17, 15) is 9.59 Å². The predicted octanol–water partition coefficient (Wildman–Crippen LogP) is 3.37. The highest BCUT2D eigenvalue weighted by atomic mass is 35.5. The summed E-state index contributed by atoms with van der Waals surface area (Å²) in [6.45, 7) is 0. The quantitative estimate of drug-likeness (QED) is 0.684. The van der Waals surface area contributed by atoms with Gasteiger partial charge in [-0.05, 0) is 29.8 Å². The first-order valence-corrected chi connectivity index (χ1v) is 8.70. The van der Waals surface area contributed by atoms with Crippen LogP contribution in [-0.2, 0) is 18.8 Å². The Bertz CT molecular complexity index is 1020. The fourth-order valence-corrected chi connectivity index (χ4v) is 3.12. The number of carbonyl (C=O) groups is 1. The molecule has 0 fully saturated rings. The van der Waals surface area contributed by atoms with Crippen molar-refractivity contribution in [1.82, 2.24) is 9.13 Å². The first kappa shape index (κ1) is 18.8. The van der Waals surface area contributed by atoms with Gasteiger partial charge in [0.25, 0.3) is 0 Å². The number of benzene rings is 1. The molecule has 0 aliphatic rings. The van der Waals surface area contributed by atoms with Crippen LogP contribution in [0.15, 0.2) is 59.7 Å². The number of pyridine rings is 1. The molecule has 0 radical (unpaired) electrons. The van der Waals surface area contributed by atoms with Gasteiger partial charge < -0.3 is 19.2 Å². The third-order valence-corrected chi connectivity index (χ3v) is 4.65. The van der Waals surface area contributed by atoms with Crippen LogP contribution in [0.2, 0.25) is 5.02 Å². The lowest BCUT2D eigenvalue weighted by atomic mass is 10.00. The van der Waals surface area contributed by atoms with Crippen LogP contribution >= 0.6 is 11.6 Å². The molecule has 0 aliphatic heterocycles. The fraction of sp³-hybridized carbons (Fsp3) is 0.200. The molecular formula is C20H20ClN3O3. The number of methoxy groups -OCH3 is 1. The lowest BCUT2D eigenvalue weighted by molar-refractivity contribution is 0.0599. The second kappa shape index (κ2) is 7.72. The maximum Gasteiger partial charge on any atom is 0.339 e. The highest BCUT2D eigenvalue weighted by molar-refractivity contribution is 6.30. The Morgan fingerprint density at radius 3 is 2.41 bits per heavy atom. The molecule has 1 atom stereocenters. The number of hydrogen-bond acceptors (Lipinski definition) is 4. The van der Waals surface area contributed by atoms with E-state index in [2.05, 4.69) is 5.32 Å². The number of aryl methyl sites for hydroxylation is 2. The zero-order valence-electron chi connectivity index (χ0n) is 15.3. The minimum Gasteiger partial charge on any atom is -0.465 e. The van der Waals surface area contributed by atoms with Crippen LogP contribution in [0.25, 0.3) is 0 Å². The molecule has 2 aromatic heterocycles. The van der Waals surface area contributed by atoms with Crippen molar-refractivity contribution >= 4 is 23.3 Å². The Labute approximate surface area is 162 Å². The van der Waals surface area contributed by atoms with Crippen LogP contribution in [0, 0.1) is 0 Å². The molecule has 0 bridgehead atoms. The fourth-order valence-electron chi connectivity index (χ4n) is 2.99. The van der Waals surface area contributed by atoms with Crippen LogP contribution in [0.1, 0.15) is 27.7 Å². The summed E-state index contributed by atoms with van der Waals surface area (Å²) in [7, 11) is 4.91. The van der Waals surface area contributed by atoms with Gasteiger partial charge in [-0.3, -0.25) is 4.79 Å². The zero-order valence-corrected chi connectivity index (χ0v) is 16.0. The average molecular weight is 386 g/mol. The molecule has 0 saturated carbocycles. The van der Waals surface area contributed by atoms with Crippen molar-refractivity contribution in [2.24, 2.45) is 14.1 Å². The smallest absolute Gasteiger partial charge is 0.339 e. The summed E-state index contributed by atoms with van der Waals surface area (Å²) in [5.41, 5.74) is 2.78. The summed E-state index contributed by atoms with van der Waals surface area (Å²) in [5.74, 6) is -0.410. The van der Waals surface area contributed by atoms with Gasteiger partial charge in [-0.15, -0.1) is 0 Å². The molecule has 6 nitrogen and oxygen atoms in total. The minimum atomic E-state index is -0.410. The number of aromatic nitrogens is 2. The Morgan fingerprint density at radius 1 is 1.07 bits per heavy atom. The number of rotatable bonds is 5. The van der Waals surface area contributed by atoms with Gasteiger partial charge in [0.05, 0.1) is 30.1 Å².